The Kier molecular flexibility index (Phi) is 3.59. The average molecular weight is 564 g/mol. The quantitative estimate of drug-likeness (QED) is 0.254. The van der Waals surface area contributed by atoms with Gasteiger partial charge >= 0.3 is 170 Å². The summed E-state index contributed by atoms with van der Waals surface area (Å²) in [5.41, 5.74) is 0. The molecule has 0 fully saturated rings. The average Bonchev–Trinajstić information content (AvgIpc) is 2.57. The summed E-state index contributed by atoms with van der Waals surface area (Å²) >= 11 is 12.9. The molecular formula is C20H8Se4. The van der Waals surface area contributed by atoms with Crippen molar-refractivity contribution in [2.45, 2.75) is 0 Å². The number of benzene rings is 1. The van der Waals surface area contributed by atoms with Crippen LogP contribution in [-0.2, 0) is 0 Å². The summed E-state index contributed by atoms with van der Waals surface area (Å²) in [6.07, 6.45) is 0. The van der Waals surface area contributed by atoms with Crippen LogP contribution in [0.2, 0.25) is 0 Å². The van der Waals surface area contributed by atoms with E-state index in [1.165, 1.54) is 58.7 Å². The van der Waals surface area contributed by atoms with E-state index >= 15 is 0 Å². The van der Waals surface area contributed by atoms with E-state index in [4.69, 9.17) is 0 Å². The summed E-state index contributed by atoms with van der Waals surface area (Å²) < 4.78 is 4.80. The van der Waals surface area contributed by atoms with Gasteiger partial charge in [-0.25, -0.2) is 0 Å². The maximum absolute atomic E-state index is 3.23. The predicted octanol–water partition coefficient (Wildman–Crippen LogP) is 2.56. The molecular weight excluding hydrogens is 556 g/mol. The first-order chi connectivity index (χ1) is 11.6. The normalized spacial score (nSPS) is 12.0. The van der Waals surface area contributed by atoms with Crippen molar-refractivity contribution in [1.82, 2.24) is 0 Å². The van der Waals surface area contributed by atoms with E-state index in [9.17, 15) is 0 Å². The molecule has 0 unspecified atom stereocenters. The van der Waals surface area contributed by atoms with Crippen molar-refractivity contribution in [1.29, 1.82) is 0 Å². The molecule has 4 aliphatic carbocycles. The molecule has 0 aromatic heterocycles. The van der Waals surface area contributed by atoms with Crippen molar-refractivity contribution in [3.8, 4) is 0 Å². The van der Waals surface area contributed by atoms with Crippen LogP contribution < -0.4 is 0 Å². The molecule has 0 nitrogen and oxygen atoms in total. The van der Waals surface area contributed by atoms with Gasteiger partial charge in [0, 0.05) is 0 Å². The molecule has 1 aromatic rings. The molecule has 1 aromatic carbocycles. The molecule has 24 heavy (non-hydrogen) atoms. The molecule has 0 amide bonds. The van der Waals surface area contributed by atoms with E-state index in [-0.39, 0.29) is 0 Å². The minimum atomic E-state index is 1.20. The van der Waals surface area contributed by atoms with E-state index in [1.807, 2.05) is 0 Å². The molecule has 0 saturated heterocycles. The SMILES string of the molecule is [Se]=c1ccc2c3c(ccc(=[Se])c1=3)c1ccc(=[Se])c3c(=[Se])ccc2c1=3. The van der Waals surface area contributed by atoms with Crippen molar-refractivity contribution in [3.63, 3.8) is 0 Å². The summed E-state index contributed by atoms with van der Waals surface area (Å²) in [4.78, 5) is 0. The monoisotopic (exact) mass is 568 g/mol. The van der Waals surface area contributed by atoms with Crippen molar-refractivity contribution in [2.75, 3.05) is 0 Å². The van der Waals surface area contributed by atoms with Crippen LogP contribution in [0.15, 0.2) is 48.5 Å². The molecule has 0 radical (unpaired) electrons. The van der Waals surface area contributed by atoms with Gasteiger partial charge in [0.25, 0.3) is 0 Å². The molecule has 0 aliphatic heterocycles. The van der Waals surface area contributed by atoms with Crippen molar-refractivity contribution >= 4 is 83.8 Å². The standard InChI is InChI=1S/C20H8Se4/c21-13-5-1-9-10-2-6-15(23)20-16(24)8-4-12(18(10)20)11-3-7-14(22)19(13)17(9)11/h1-8H. The van der Waals surface area contributed by atoms with Crippen molar-refractivity contribution in [3.05, 3.63) is 85.7 Å². The second-order valence-electron chi connectivity index (χ2n) is 5.95. The van der Waals surface area contributed by atoms with Gasteiger partial charge in [0.15, 0.2) is 0 Å². The Hall–Kier alpha value is -0.522. The predicted molar refractivity (Wildman–Crippen MR) is 102 cm³/mol. The van der Waals surface area contributed by atoms with Gasteiger partial charge in [-0.05, 0) is 0 Å². The van der Waals surface area contributed by atoms with Crippen LogP contribution in [0.3, 0.4) is 0 Å². The number of rotatable bonds is 0. The third-order valence-electron chi connectivity index (χ3n) is 4.75. The van der Waals surface area contributed by atoms with Crippen molar-refractivity contribution in [2.24, 2.45) is 0 Å². The van der Waals surface area contributed by atoms with Gasteiger partial charge in [-0.15, -0.1) is 0 Å². The van der Waals surface area contributed by atoms with Gasteiger partial charge in [0.2, 0.25) is 0 Å². The number of fused-ring (bicyclic) bond motifs is 2. The molecule has 0 heterocycles. The van der Waals surface area contributed by atoms with Crippen molar-refractivity contribution < 1.29 is 0 Å². The van der Waals surface area contributed by atoms with E-state index < -0.39 is 0 Å². The van der Waals surface area contributed by atoms with Gasteiger partial charge in [0.05, 0.1) is 0 Å². The third-order valence-corrected chi connectivity index (χ3v) is 7.60. The third kappa shape index (κ3) is 1.98. The van der Waals surface area contributed by atoms with E-state index in [0.29, 0.717) is 0 Å². The Labute approximate surface area is 168 Å². The fourth-order valence-electron chi connectivity index (χ4n) is 3.77. The summed E-state index contributed by atoms with van der Waals surface area (Å²) in [6.45, 7) is 0. The fourth-order valence-corrected chi connectivity index (χ4v) is 6.77. The van der Waals surface area contributed by atoms with E-state index in [2.05, 4.69) is 111 Å². The fraction of sp³-hybridized carbons (Fsp3) is 0. The molecule has 4 aliphatic rings. The van der Waals surface area contributed by atoms with Gasteiger partial charge in [-0.2, -0.15) is 0 Å². The molecule has 0 spiro atoms. The topological polar surface area (TPSA) is 0 Å². The Morgan fingerprint density at radius 3 is 0.833 bits per heavy atom. The van der Waals surface area contributed by atoms with Gasteiger partial charge < -0.3 is 0 Å². The Morgan fingerprint density at radius 2 is 0.583 bits per heavy atom. The second-order valence-corrected chi connectivity index (χ2v) is 9.64. The summed E-state index contributed by atoms with van der Waals surface area (Å²) in [5, 5.41) is 10.6. The van der Waals surface area contributed by atoms with Crippen LogP contribution in [0.25, 0.3) is 21.5 Å². The zero-order chi connectivity index (χ0) is 16.6. The first-order valence-corrected chi connectivity index (χ1v) is 10.9. The molecule has 5 rings (SSSR count). The van der Waals surface area contributed by atoms with Gasteiger partial charge in [0.1, 0.15) is 0 Å². The van der Waals surface area contributed by atoms with Gasteiger partial charge in [-0.3, -0.25) is 0 Å². The van der Waals surface area contributed by atoms with E-state index in [1.54, 1.807) is 0 Å². The summed E-state index contributed by atoms with van der Waals surface area (Å²) in [7, 11) is 0. The summed E-state index contributed by atoms with van der Waals surface area (Å²) in [6, 6.07) is 17.7. The van der Waals surface area contributed by atoms with Gasteiger partial charge in [-0.1, -0.05) is 0 Å². The molecule has 112 valence electrons. The Balaban J connectivity index is 2.48. The van der Waals surface area contributed by atoms with Crippen LogP contribution >= 0.6 is 0 Å². The van der Waals surface area contributed by atoms with Crippen LogP contribution in [-0.4, -0.2) is 62.3 Å². The van der Waals surface area contributed by atoms with Crippen LogP contribution in [0.1, 0.15) is 0 Å². The molecule has 0 saturated carbocycles. The van der Waals surface area contributed by atoms with E-state index in [0.717, 1.165) is 0 Å². The van der Waals surface area contributed by atoms with Crippen LogP contribution in [0, 0.1) is 37.1 Å². The molecule has 4 heteroatoms. The first kappa shape index (κ1) is 15.7. The minimum absolute atomic E-state index is 1.20. The maximum atomic E-state index is 3.23. The first-order valence-electron chi connectivity index (χ1n) is 7.46. The number of hydrogen-bond acceptors (Lipinski definition) is 0. The van der Waals surface area contributed by atoms with Crippen LogP contribution in [0.4, 0.5) is 0 Å². The summed E-state index contributed by atoms with van der Waals surface area (Å²) in [5.74, 6) is 0. The molecule has 0 atom stereocenters. The Morgan fingerprint density at radius 1 is 0.333 bits per heavy atom. The molecule has 0 N–H and O–H groups in total. The zero-order valence-corrected chi connectivity index (χ0v) is 19.1. The second kappa shape index (κ2) is 5.49. The molecule has 0 bridgehead atoms. The number of hydrogen-bond donors (Lipinski definition) is 0. The Bertz CT molecular complexity index is 1380. The van der Waals surface area contributed by atoms with Crippen LogP contribution in [0.5, 0.6) is 0 Å². The zero-order valence-electron chi connectivity index (χ0n) is 12.3.